The molecule has 7 heteroatoms. The number of ether oxygens (including phenoxy) is 3. The van der Waals surface area contributed by atoms with Crippen molar-refractivity contribution in [2.45, 2.75) is 25.6 Å². The fourth-order valence-electron chi connectivity index (χ4n) is 2.50. The third kappa shape index (κ3) is 4.24. The van der Waals surface area contributed by atoms with Gasteiger partial charge in [0.1, 0.15) is 6.61 Å². The van der Waals surface area contributed by atoms with E-state index in [-0.39, 0.29) is 12.0 Å². The molecule has 1 aromatic heterocycles. The maximum absolute atomic E-state index is 12.3. The molecule has 0 saturated carbocycles. The summed E-state index contributed by atoms with van der Waals surface area (Å²) in [6.45, 7) is 1.67. The van der Waals surface area contributed by atoms with Crippen LogP contribution < -0.4 is 14.8 Å². The van der Waals surface area contributed by atoms with Gasteiger partial charge in [0.2, 0.25) is 0 Å². The molecule has 6 nitrogen and oxygen atoms in total. The van der Waals surface area contributed by atoms with E-state index in [1.54, 1.807) is 30.8 Å². The number of rotatable bonds is 7. The first-order valence-corrected chi connectivity index (χ1v) is 8.78. The van der Waals surface area contributed by atoms with Gasteiger partial charge in [-0.15, -0.1) is 11.3 Å². The Hall–Kier alpha value is -2.12. The summed E-state index contributed by atoms with van der Waals surface area (Å²) in [6.07, 6.45) is 2.17. The lowest BCUT2D eigenvalue weighted by atomic mass is 10.1. The molecule has 24 heavy (non-hydrogen) atoms. The molecular weight excluding hydrogens is 328 g/mol. The normalized spacial score (nSPS) is 16.8. The van der Waals surface area contributed by atoms with E-state index < -0.39 is 0 Å². The highest BCUT2D eigenvalue weighted by Crippen LogP contribution is 2.29. The Labute approximate surface area is 144 Å². The number of nitrogens with one attached hydrogen (secondary N) is 1. The van der Waals surface area contributed by atoms with Gasteiger partial charge in [-0.2, -0.15) is 0 Å². The molecule has 2 heterocycles. The lowest BCUT2D eigenvalue weighted by Crippen LogP contribution is -2.31. The van der Waals surface area contributed by atoms with Crippen LogP contribution in [0.25, 0.3) is 0 Å². The first-order chi connectivity index (χ1) is 11.8. The van der Waals surface area contributed by atoms with Crippen LogP contribution in [0.2, 0.25) is 0 Å². The number of nitrogens with zero attached hydrogens (tertiary/aromatic N) is 1. The largest absolute Gasteiger partial charge is 0.493 e. The van der Waals surface area contributed by atoms with Gasteiger partial charge in [-0.25, -0.2) is 4.98 Å². The van der Waals surface area contributed by atoms with E-state index >= 15 is 0 Å². The molecule has 1 amide bonds. The summed E-state index contributed by atoms with van der Waals surface area (Å²) >= 11 is 1.52. The Bertz CT molecular complexity index is 669. The zero-order chi connectivity index (χ0) is 16.8. The van der Waals surface area contributed by atoms with Crippen LogP contribution in [-0.2, 0) is 11.3 Å². The molecule has 0 aliphatic carbocycles. The lowest BCUT2D eigenvalue weighted by molar-refractivity contribution is 0.0857. The van der Waals surface area contributed by atoms with E-state index in [0.717, 1.165) is 25.1 Å². The minimum atomic E-state index is -0.144. The molecule has 1 atom stereocenters. The Balaban J connectivity index is 1.60. The van der Waals surface area contributed by atoms with Gasteiger partial charge in [0.05, 0.1) is 24.4 Å². The van der Waals surface area contributed by atoms with Gasteiger partial charge in [-0.1, -0.05) is 0 Å². The minimum Gasteiger partial charge on any atom is -0.493 e. The Morgan fingerprint density at radius 1 is 1.46 bits per heavy atom. The lowest BCUT2D eigenvalue weighted by Gasteiger charge is -2.13. The Morgan fingerprint density at radius 2 is 2.38 bits per heavy atom. The van der Waals surface area contributed by atoms with Crippen LogP contribution in [-0.4, -0.2) is 37.3 Å². The predicted octanol–water partition coefficient (Wildman–Crippen LogP) is 2.64. The second-order valence-corrected chi connectivity index (χ2v) is 6.20. The number of hydrogen-bond donors (Lipinski definition) is 1. The molecule has 0 radical (unpaired) electrons. The first-order valence-electron chi connectivity index (χ1n) is 7.84. The summed E-state index contributed by atoms with van der Waals surface area (Å²) in [5, 5.41) is 4.83. The van der Waals surface area contributed by atoms with Crippen molar-refractivity contribution in [1.82, 2.24) is 10.3 Å². The maximum Gasteiger partial charge on any atom is 0.251 e. The number of carbonyl (C=O) groups excluding carboxylic acids is 1. The average Bonchev–Trinajstić information content (AvgIpc) is 3.31. The molecule has 0 unspecified atom stereocenters. The highest BCUT2D eigenvalue weighted by Gasteiger charge is 2.17. The Kier molecular flexibility index (Phi) is 5.66. The van der Waals surface area contributed by atoms with Gasteiger partial charge < -0.3 is 19.5 Å². The van der Waals surface area contributed by atoms with E-state index in [9.17, 15) is 4.79 Å². The van der Waals surface area contributed by atoms with Crippen LogP contribution in [0.5, 0.6) is 11.5 Å². The van der Waals surface area contributed by atoms with Gasteiger partial charge in [-0.05, 0) is 31.0 Å². The Morgan fingerprint density at radius 3 is 3.08 bits per heavy atom. The fraction of sp³-hybridized carbons (Fsp3) is 0.412. The average molecular weight is 348 g/mol. The van der Waals surface area contributed by atoms with E-state index in [1.165, 1.54) is 11.3 Å². The smallest absolute Gasteiger partial charge is 0.251 e. The molecule has 1 fully saturated rings. The predicted molar refractivity (Wildman–Crippen MR) is 90.7 cm³/mol. The summed E-state index contributed by atoms with van der Waals surface area (Å²) in [6, 6.07) is 5.15. The number of benzene rings is 1. The van der Waals surface area contributed by atoms with Crippen molar-refractivity contribution < 1.29 is 19.0 Å². The highest BCUT2D eigenvalue weighted by molar-refractivity contribution is 7.07. The molecule has 128 valence electrons. The van der Waals surface area contributed by atoms with E-state index in [0.29, 0.717) is 30.2 Å². The fourth-order valence-corrected chi connectivity index (χ4v) is 3.05. The van der Waals surface area contributed by atoms with Crippen LogP contribution in [0.3, 0.4) is 0 Å². The summed E-state index contributed by atoms with van der Waals surface area (Å²) in [5.41, 5.74) is 3.16. The second kappa shape index (κ2) is 8.12. The number of hydrogen-bond acceptors (Lipinski definition) is 6. The molecule has 1 aromatic carbocycles. The quantitative estimate of drug-likeness (QED) is 0.833. The molecule has 1 N–H and O–H groups in total. The monoisotopic (exact) mass is 348 g/mol. The topological polar surface area (TPSA) is 69.7 Å². The zero-order valence-corrected chi connectivity index (χ0v) is 14.3. The van der Waals surface area contributed by atoms with Crippen molar-refractivity contribution in [3.05, 3.63) is 40.3 Å². The molecule has 0 bridgehead atoms. The van der Waals surface area contributed by atoms with Crippen LogP contribution in [0.15, 0.2) is 29.1 Å². The van der Waals surface area contributed by atoms with Gasteiger partial charge in [-0.3, -0.25) is 4.79 Å². The number of aromatic nitrogens is 1. The first kappa shape index (κ1) is 16.7. The maximum atomic E-state index is 12.3. The standard InChI is InChI=1S/C17H20N2O4S/c1-21-16-7-12(17(20)18-8-14-3-2-6-22-14)4-5-15(16)23-9-13-10-24-11-19-13/h4-5,7,10-11,14H,2-3,6,8-9H2,1H3,(H,18,20)/t14-/m1/s1. The number of methoxy groups -OCH3 is 1. The second-order valence-electron chi connectivity index (χ2n) is 5.48. The number of amides is 1. The molecule has 3 rings (SSSR count). The van der Waals surface area contributed by atoms with E-state index in [4.69, 9.17) is 14.2 Å². The number of thiazole rings is 1. The number of carbonyl (C=O) groups is 1. The van der Waals surface area contributed by atoms with Gasteiger partial charge in [0, 0.05) is 24.1 Å². The summed E-state index contributed by atoms with van der Waals surface area (Å²) in [5.74, 6) is 0.964. The van der Waals surface area contributed by atoms with Crippen molar-refractivity contribution in [2.24, 2.45) is 0 Å². The van der Waals surface area contributed by atoms with Crippen molar-refractivity contribution in [2.75, 3.05) is 20.3 Å². The van der Waals surface area contributed by atoms with Gasteiger partial charge in [0.15, 0.2) is 11.5 Å². The zero-order valence-electron chi connectivity index (χ0n) is 13.5. The van der Waals surface area contributed by atoms with E-state index in [1.807, 2.05) is 5.38 Å². The third-order valence-corrected chi connectivity index (χ3v) is 4.43. The van der Waals surface area contributed by atoms with E-state index in [2.05, 4.69) is 10.3 Å². The van der Waals surface area contributed by atoms with Gasteiger partial charge >= 0.3 is 0 Å². The van der Waals surface area contributed by atoms with Crippen molar-refractivity contribution in [3.8, 4) is 11.5 Å². The van der Waals surface area contributed by atoms with Crippen LogP contribution in [0, 0.1) is 0 Å². The summed E-state index contributed by atoms with van der Waals surface area (Å²) in [4.78, 5) is 16.4. The van der Waals surface area contributed by atoms with Crippen molar-refractivity contribution in [3.63, 3.8) is 0 Å². The van der Waals surface area contributed by atoms with Crippen molar-refractivity contribution >= 4 is 17.2 Å². The summed E-state index contributed by atoms with van der Waals surface area (Å²) < 4.78 is 16.6. The minimum absolute atomic E-state index is 0.122. The molecule has 2 aromatic rings. The van der Waals surface area contributed by atoms with Crippen LogP contribution >= 0.6 is 11.3 Å². The SMILES string of the molecule is COc1cc(C(=O)NC[C@H]2CCCO2)ccc1OCc1cscn1. The molecular formula is C17H20N2O4S. The molecule has 0 spiro atoms. The molecule has 1 aliphatic rings. The van der Waals surface area contributed by atoms with Crippen molar-refractivity contribution in [1.29, 1.82) is 0 Å². The van der Waals surface area contributed by atoms with Crippen LogP contribution in [0.1, 0.15) is 28.9 Å². The third-order valence-electron chi connectivity index (χ3n) is 3.80. The highest BCUT2D eigenvalue weighted by atomic mass is 32.1. The summed E-state index contributed by atoms with van der Waals surface area (Å²) in [7, 11) is 1.55. The van der Waals surface area contributed by atoms with Gasteiger partial charge in [0.25, 0.3) is 5.91 Å². The van der Waals surface area contributed by atoms with Crippen LogP contribution in [0.4, 0.5) is 0 Å². The molecule has 1 aliphatic heterocycles. The molecule has 1 saturated heterocycles.